The third kappa shape index (κ3) is 3.79. The number of methoxy groups -OCH3 is 2. The monoisotopic (exact) mass is 395 g/mol. The van der Waals surface area contributed by atoms with Crippen molar-refractivity contribution in [3.8, 4) is 5.75 Å². The van der Waals surface area contributed by atoms with Gasteiger partial charge in [0.1, 0.15) is 22.8 Å². The molecule has 128 valence electrons. The summed E-state index contributed by atoms with van der Waals surface area (Å²) in [6.45, 7) is 1.90. The highest BCUT2D eigenvalue weighted by Crippen LogP contribution is 2.24. The lowest BCUT2D eigenvalue weighted by molar-refractivity contribution is 0.0598. The van der Waals surface area contributed by atoms with Crippen LogP contribution in [0, 0.1) is 6.92 Å². The summed E-state index contributed by atoms with van der Waals surface area (Å²) in [4.78, 5) is 25.7. The van der Waals surface area contributed by atoms with Crippen molar-refractivity contribution >= 4 is 27.8 Å². The van der Waals surface area contributed by atoms with Gasteiger partial charge >= 0.3 is 5.97 Å². The van der Waals surface area contributed by atoms with Crippen molar-refractivity contribution in [1.29, 1.82) is 0 Å². The van der Waals surface area contributed by atoms with E-state index in [1.807, 2.05) is 0 Å². The lowest BCUT2D eigenvalue weighted by Gasteiger charge is -2.17. The van der Waals surface area contributed by atoms with Crippen molar-refractivity contribution in [3.05, 3.63) is 51.4 Å². The fourth-order valence-electron chi connectivity index (χ4n) is 2.24. The molecule has 1 aromatic carbocycles. The van der Waals surface area contributed by atoms with Crippen molar-refractivity contribution in [2.24, 2.45) is 0 Å². The van der Waals surface area contributed by atoms with Crippen LogP contribution in [-0.2, 0) is 11.3 Å². The highest BCUT2D eigenvalue weighted by molar-refractivity contribution is 9.10. The Morgan fingerprint density at radius 1 is 1.21 bits per heavy atom. The van der Waals surface area contributed by atoms with Gasteiger partial charge in [0, 0.05) is 11.5 Å². The Morgan fingerprint density at radius 2 is 1.92 bits per heavy atom. The predicted octanol–water partition coefficient (Wildman–Crippen LogP) is 3.42. The van der Waals surface area contributed by atoms with Crippen molar-refractivity contribution < 1.29 is 23.5 Å². The number of hydrogen-bond donors (Lipinski definition) is 0. The number of rotatable bonds is 5. The second-order valence-electron chi connectivity index (χ2n) is 5.18. The van der Waals surface area contributed by atoms with Crippen LogP contribution in [0.4, 0.5) is 0 Å². The Bertz CT molecular complexity index is 768. The zero-order valence-corrected chi connectivity index (χ0v) is 15.5. The zero-order valence-electron chi connectivity index (χ0n) is 13.9. The number of carbonyl (C=O) groups excluding carboxylic acids is 2. The number of amides is 1. The average Bonchev–Trinajstić information content (AvgIpc) is 2.94. The maximum atomic E-state index is 12.6. The quantitative estimate of drug-likeness (QED) is 0.725. The summed E-state index contributed by atoms with van der Waals surface area (Å²) in [5, 5.41) is 0. The van der Waals surface area contributed by atoms with Crippen LogP contribution in [0.1, 0.15) is 32.2 Å². The van der Waals surface area contributed by atoms with Gasteiger partial charge in [0.2, 0.25) is 0 Å². The first-order chi connectivity index (χ1) is 11.4. The lowest BCUT2D eigenvalue weighted by Crippen LogP contribution is -2.26. The molecule has 0 fully saturated rings. The SMILES string of the molecule is COC(=O)c1cc(CN(C)C(=O)c2cc(OC)ccc2Br)oc1C. The molecule has 0 saturated heterocycles. The Kier molecular flexibility index (Phi) is 5.66. The molecule has 1 aromatic heterocycles. The van der Waals surface area contributed by atoms with Crippen LogP contribution in [0.2, 0.25) is 0 Å². The molecule has 0 saturated carbocycles. The minimum atomic E-state index is -0.466. The summed E-state index contributed by atoms with van der Waals surface area (Å²) < 4.78 is 16.1. The number of halogens is 1. The average molecular weight is 396 g/mol. The Morgan fingerprint density at radius 3 is 2.54 bits per heavy atom. The van der Waals surface area contributed by atoms with Crippen LogP contribution < -0.4 is 4.74 Å². The summed E-state index contributed by atoms with van der Waals surface area (Å²) >= 11 is 3.37. The number of carbonyl (C=O) groups is 2. The molecular weight excluding hydrogens is 378 g/mol. The number of furan rings is 1. The number of ether oxygens (including phenoxy) is 2. The van der Waals surface area contributed by atoms with E-state index in [0.29, 0.717) is 32.9 Å². The summed E-state index contributed by atoms with van der Waals surface area (Å²) in [5.74, 6) is 0.890. The highest BCUT2D eigenvalue weighted by atomic mass is 79.9. The van der Waals surface area contributed by atoms with E-state index in [-0.39, 0.29) is 12.5 Å². The molecule has 0 aliphatic carbocycles. The fraction of sp³-hybridized carbons (Fsp3) is 0.294. The highest BCUT2D eigenvalue weighted by Gasteiger charge is 2.20. The van der Waals surface area contributed by atoms with E-state index < -0.39 is 5.97 Å². The normalized spacial score (nSPS) is 10.4. The molecule has 7 heteroatoms. The van der Waals surface area contributed by atoms with E-state index in [1.54, 1.807) is 45.3 Å². The maximum absolute atomic E-state index is 12.6. The first-order valence-corrected chi connectivity index (χ1v) is 7.93. The molecule has 0 spiro atoms. The van der Waals surface area contributed by atoms with Crippen LogP contribution >= 0.6 is 15.9 Å². The minimum absolute atomic E-state index is 0.200. The van der Waals surface area contributed by atoms with Crippen LogP contribution in [0.5, 0.6) is 5.75 Å². The molecule has 1 heterocycles. The zero-order chi connectivity index (χ0) is 17.9. The summed E-state index contributed by atoms with van der Waals surface area (Å²) in [6, 6.07) is 6.77. The van der Waals surface area contributed by atoms with E-state index in [0.717, 1.165) is 0 Å². The third-order valence-electron chi connectivity index (χ3n) is 3.52. The third-order valence-corrected chi connectivity index (χ3v) is 4.21. The lowest BCUT2D eigenvalue weighted by atomic mass is 10.2. The number of aryl methyl sites for hydroxylation is 1. The first-order valence-electron chi connectivity index (χ1n) is 7.14. The molecular formula is C17H18BrNO5. The van der Waals surface area contributed by atoms with Gasteiger partial charge in [-0.25, -0.2) is 4.79 Å². The van der Waals surface area contributed by atoms with Crippen molar-refractivity contribution in [2.75, 3.05) is 21.3 Å². The number of benzene rings is 1. The van der Waals surface area contributed by atoms with Gasteiger partial charge in [-0.2, -0.15) is 0 Å². The second kappa shape index (κ2) is 7.53. The van der Waals surface area contributed by atoms with Gasteiger partial charge in [-0.1, -0.05) is 0 Å². The minimum Gasteiger partial charge on any atom is -0.497 e. The number of nitrogens with zero attached hydrogens (tertiary/aromatic N) is 1. The molecule has 2 aromatic rings. The smallest absolute Gasteiger partial charge is 0.341 e. The van der Waals surface area contributed by atoms with E-state index in [1.165, 1.54) is 12.0 Å². The van der Waals surface area contributed by atoms with Crippen LogP contribution in [0.3, 0.4) is 0 Å². The van der Waals surface area contributed by atoms with E-state index in [4.69, 9.17) is 13.9 Å². The van der Waals surface area contributed by atoms with E-state index >= 15 is 0 Å². The largest absolute Gasteiger partial charge is 0.497 e. The molecule has 6 nitrogen and oxygen atoms in total. The molecule has 0 N–H and O–H groups in total. The predicted molar refractivity (Wildman–Crippen MR) is 91.3 cm³/mol. The summed E-state index contributed by atoms with van der Waals surface area (Å²) in [7, 11) is 4.51. The molecule has 2 rings (SSSR count). The molecule has 0 aliphatic rings. The summed E-state index contributed by atoms with van der Waals surface area (Å²) in [5.41, 5.74) is 0.837. The molecule has 0 unspecified atom stereocenters. The van der Waals surface area contributed by atoms with Crippen molar-refractivity contribution in [3.63, 3.8) is 0 Å². The number of hydrogen-bond acceptors (Lipinski definition) is 5. The number of esters is 1. The molecule has 0 bridgehead atoms. The summed E-state index contributed by atoms with van der Waals surface area (Å²) in [6.07, 6.45) is 0. The van der Waals surface area contributed by atoms with Gasteiger partial charge in [-0.3, -0.25) is 4.79 Å². The van der Waals surface area contributed by atoms with Crippen molar-refractivity contribution in [2.45, 2.75) is 13.5 Å². The van der Waals surface area contributed by atoms with Gasteiger partial charge in [0.15, 0.2) is 0 Å². The fourth-order valence-corrected chi connectivity index (χ4v) is 2.66. The second-order valence-corrected chi connectivity index (χ2v) is 6.04. The Hall–Kier alpha value is -2.28. The van der Waals surface area contributed by atoms with Gasteiger partial charge in [-0.15, -0.1) is 0 Å². The molecule has 1 amide bonds. The first kappa shape index (κ1) is 18.1. The molecule has 24 heavy (non-hydrogen) atoms. The van der Waals surface area contributed by atoms with Gasteiger partial charge in [0.05, 0.1) is 26.3 Å². The van der Waals surface area contributed by atoms with Gasteiger partial charge in [0.25, 0.3) is 5.91 Å². The Labute approximate surface area is 148 Å². The van der Waals surface area contributed by atoms with Crippen LogP contribution in [0.15, 0.2) is 33.2 Å². The maximum Gasteiger partial charge on any atom is 0.341 e. The standard InChI is InChI=1S/C17H18BrNO5/c1-10-13(17(21)23-4)8-12(24-10)9-19(2)16(20)14-7-11(22-3)5-6-15(14)18/h5-8H,9H2,1-4H3. The Balaban J connectivity index is 2.19. The molecule has 0 radical (unpaired) electrons. The van der Waals surface area contributed by atoms with Gasteiger partial charge in [-0.05, 0) is 47.1 Å². The van der Waals surface area contributed by atoms with Crippen LogP contribution in [0.25, 0.3) is 0 Å². The topological polar surface area (TPSA) is 69.0 Å². The molecule has 0 atom stereocenters. The van der Waals surface area contributed by atoms with E-state index in [9.17, 15) is 9.59 Å². The molecule has 0 aliphatic heterocycles. The van der Waals surface area contributed by atoms with Crippen molar-refractivity contribution in [1.82, 2.24) is 4.90 Å². The van der Waals surface area contributed by atoms with Crippen LogP contribution in [-0.4, -0.2) is 38.0 Å². The van der Waals surface area contributed by atoms with Gasteiger partial charge < -0.3 is 18.8 Å². The van der Waals surface area contributed by atoms with E-state index in [2.05, 4.69) is 15.9 Å².